The summed E-state index contributed by atoms with van der Waals surface area (Å²) in [5.41, 5.74) is 5.05. The van der Waals surface area contributed by atoms with E-state index in [-0.39, 0.29) is 5.91 Å². The van der Waals surface area contributed by atoms with Crippen LogP contribution in [0.3, 0.4) is 0 Å². The molecule has 1 aliphatic rings. The van der Waals surface area contributed by atoms with Crippen LogP contribution in [0.1, 0.15) is 42.5 Å². The molecule has 0 radical (unpaired) electrons. The minimum atomic E-state index is -0.0162. The number of hydrogen-bond acceptors (Lipinski definition) is 4. The molecule has 0 unspecified atom stereocenters. The highest BCUT2D eigenvalue weighted by Crippen LogP contribution is 2.29. The molecule has 4 rings (SSSR count). The molecule has 0 aliphatic heterocycles. The number of carbonyl (C=O) groups excluding carboxylic acids is 1. The van der Waals surface area contributed by atoms with Crippen molar-refractivity contribution in [1.82, 2.24) is 20.3 Å². The number of carbonyl (C=O) groups is 1. The molecule has 1 aliphatic carbocycles. The Morgan fingerprint density at radius 1 is 1.26 bits per heavy atom. The third-order valence-electron chi connectivity index (χ3n) is 4.43. The SMILES string of the molecule is O=C(NC1CCCCC1)c1cc(-c2cncs2)cc2nc[nH]c12. The molecule has 2 aromatic heterocycles. The minimum absolute atomic E-state index is 0.0162. The number of hydrogen-bond donors (Lipinski definition) is 2. The van der Waals surface area contributed by atoms with Gasteiger partial charge in [-0.2, -0.15) is 0 Å². The number of nitrogens with one attached hydrogen (secondary N) is 2. The monoisotopic (exact) mass is 326 g/mol. The van der Waals surface area contributed by atoms with Gasteiger partial charge < -0.3 is 10.3 Å². The lowest BCUT2D eigenvalue weighted by molar-refractivity contribution is 0.0929. The Hall–Kier alpha value is -2.21. The number of benzene rings is 1. The lowest BCUT2D eigenvalue weighted by Crippen LogP contribution is -2.36. The quantitative estimate of drug-likeness (QED) is 0.770. The van der Waals surface area contributed by atoms with Crippen LogP contribution in [0.15, 0.2) is 30.2 Å². The van der Waals surface area contributed by atoms with Crippen molar-refractivity contribution < 1.29 is 4.79 Å². The Morgan fingerprint density at radius 2 is 2.13 bits per heavy atom. The number of aromatic nitrogens is 3. The van der Waals surface area contributed by atoms with Gasteiger partial charge in [-0.1, -0.05) is 19.3 Å². The molecule has 1 saturated carbocycles. The second kappa shape index (κ2) is 6.12. The van der Waals surface area contributed by atoms with Gasteiger partial charge in [-0.05, 0) is 30.5 Å². The topological polar surface area (TPSA) is 70.7 Å². The first-order valence-electron chi connectivity index (χ1n) is 7.98. The number of thiazole rings is 1. The lowest BCUT2D eigenvalue weighted by Gasteiger charge is -2.23. The molecule has 23 heavy (non-hydrogen) atoms. The van der Waals surface area contributed by atoms with Crippen molar-refractivity contribution >= 4 is 28.3 Å². The molecule has 1 amide bonds. The molecular weight excluding hydrogens is 308 g/mol. The Bertz CT molecular complexity index is 818. The van der Waals surface area contributed by atoms with E-state index in [2.05, 4.69) is 20.3 Å². The summed E-state index contributed by atoms with van der Waals surface area (Å²) in [7, 11) is 0. The molecule has 0 saturated heterocycles. The maximum atomic E-state index is 12.8. The summed E-state index contributed by atoms with van der Waals surface area (Å²) in [5, 5.41) is 3.19. The van der Waals surface area contributed by atoms with Gasteiger partial charge in [-0.15, -0.1) is 11.3 Å². The van der Waals surface area contributed by atoms with E-state index in [9.17, 15) is 4.79 Å². The van der Waals surface area contributed by atoms with Crippen LogP contribution in [-0.2, 0) is 0 Å². The molecule has 1 fully saturated rings. The number of amides is 1. The van der Waals surface area contributed by atoms with Crippen molar-refractivity contribution in [2.75, 3.05) is 0 Å². The molecule has 2 N–H and O–H groups in total. The van der Waals surface area contributed by atoms with Gasteiger partial charge in [-0.3, -0.25) is 9.78 Å². The molecule has 0 atom stereocenters. The van der Waals surface area contributed by atoms with Crippen molar-refractivity contribution in [2.24, 2.45) is 0 Å². The van der Waals surface area contributed by atoms with Crippen molar-refractivity contribution in [1.29, 1.82) is 0 Å². The van der Waals surface area contributed by atoms with E-state index in [1.165, 1.54) is 19.3 Å². The van der Waals surface area contributed by atoms with Gasteiger partial charge in [0.05, 0.1) is 33.3 Å². The van der Waals surface area contributed by atoms with Gasteiger partial charge >= 0.3 is 0 Å². The molecule has 3 aromatic rings. The van der Waals surface area contributed by atoms with E-state index in [1.807, 2.05) is 18.3 Å². The number of aromatic amines is 1. The zero-order valence-corrected chi connectivity index (χ0v) is 13.5. The van der Waals surface area contributed by atoms with Crippen LogP contribution >= 0.6 is 11.3 Å². The fourth-order valence-electron chi connectivity index (χ4n) is 3.24. The standard InChI is InChI=1S/C17H18N4OS/c22-17(21-12-4-2-1-3-5-12)13-6-11(15-8-18-10-23-15)7-14-16(13)20-9-19-14/h6-10,12H,1-5H2,(H,19,20)(H,21,22). The Balaban J connectivity index is 1.69. The fraction of sp³-hybridized carbons (Fsp3) is 0.353. The highest BCUT2D eigenvalue weighted by atomic mass is 32.1. The van der Waals surface area contributed by atoms with Crippen LogP contribution in [0.2, 0.25) is 0 Å². The second-order valence-electron chi connectivity index (χ2n) is 5.99. The maximum absolute atomic E-state index is 12.8. The predicted octanol–water partition coefficient (Wildman–Crippen LogP) is 3.75. The number of H-pyrrole nitrogens is 1. The summed E-state index contributed by atoms with van der Waals surface area (Å²) in [4.78, 5) is 25.4. The molecule has 118 valence electrons. The summed E-state index contributed by atoms with van der Waals surface area (Å²) in [6.07, 6.45) is 9.28. The molecule has 5 nitrogen and oxygen atoms in total. The normalized spacial score (nSPS) is 15.8. The fourth-order valence-corrected chi connectivity index (χ4v) is 3.85. The summed E-state index contributed by atoms with van der Waals surface area (Å²) >= 11 is 1.56. The first-order chi connectivity index (χ1) is 11.3. The molecular formula is C17H18N4OS. The third-order valence-corrected chi connectivity index (χ3v) is 5.25. The van der Waals surface area contributed by atoms with Gasteiger partial charge in [0.2, 0.25) is 0 Å². The molecule has 6 heteroatoms. The number of imidazole rings is 1. The van der Waals surface area contributed by atoms with Crippen LogP contribution in [0, 0.1) is 0 Å². The molecule has 2 heterocycles. The van der Waals surface area contributed by atoms with Crippen LogP contribution in [0.25, 0.3) is 21.5 Å². The predicted molar refractivity (Wildman–Crippen MR) is 91.5 cm³/mol. The number of fused-ring (bicyclic) bond motifs is 1. The first kappa shape index (κ1) is 14.4. The van der Waals surface area contributed by atoms with Crippen LogP contribution in [0.5, 0.6) is 0 Å². The zero-order valence-electron chi connectivity index (χ0n) is 12.7. The minimum Gasteiger partial charge on any atom is -0.349 e. The first-order valence-corrected chi connectivity index (χ1v) is 8.86. The Kier molecular flexibility index (Phi) is 3.83. The Labute approximate surface area is 138 Å². The van der Waals surface area contributed by atoms with Gasteiger partial charge in [0.15, 0.2) is 0 Å². The van der Waals surface area contributed by atoms with Gasteiger partial charge in [-0.25, -0.2) is 4.98 Å². The van der Waals surface area contributed by atoms with Gasteiger partial charge in [0, 0.05) is 12.2 Å². The largest absolute Gasteiger partial charge is 0.349 e. The van der Waals surface area contributed by atoms with E-state index in [4.69, 9.17) is 0 Å². The highest BCUT2D eigenvalue weighted by Gasteiger charge is 2.20. The maximum Gasteiger partial charge on any atom is 0.253 e. The summed E-state index contributed by atoms with van der Waals surface area (Å²) in [5.74, 6) is -0.0162. The van der Waals surface area contributed by atoms with Gasteiger partial charge in [0.1, 0.15) is 0 Å². The van der Waals surface area contributed by atoms with Crippen molar-refractivity contribution in [3.63, 3.8) is 0 Å². The van der Waals surface area contributed by atoms with E-state index in [1.54, 1.807) is 23.2 Å². The van der Waals surface area contributed by atoms with E-state index < -0.39 is 0 Å². The van der Waals surface area contributed by atoms with E-state index in [0.717, 1.165) is 34.3 Å². The van der Waals surface area contributed by atoms with Crippen molar-refractivity contribution in [3.8, 4) is 10.4 Å². The molecule has 0 bridgehead atoms. The zero-order chi connectivity index (χ0) is 15.6. The summed E-state index contributed by atoms with van der Waals surface area (Å²) in [6.45, 7) is 0. The van der Waals surface area contributed by atoms with Crippen LogP contribution < -0.4 is 5.32 Å². The summed E-state index contributed by atoms with van der Waals surface area (Å²) in [6, 6.07) is 4.23. The summed E-state index contributed by atoms with van der Waals surface area (Å²) < 4.78 is 0. The smallest absolute Gasteiger partial charge is 0.253 e. The van der Waals surface area contributed by atoms with Crippen molar-refractivity contribution in [3.05, 3.63) is 35.7 Å². The van der Waals surface area contributed by atoms with Crippen molar-refractivity contribution in [2.45, 2.75) is 38.1 Å². The van der Waals surface area contributed by atoms with E-state index >= 15 is 0 Å². The Morgan fingerprint density at radius 3 is 2.91 bits per heavy atom. The molecule has 0 spiro atoms. The average molecular weight is 326 g/mol. The molecule has 1 aromatic carbocycles. The second-order valence-corrected chi connectivity index (χ2v) is 6.88. The van der Waals surface area contributed by atoms with E-state index in [0.29, 0.717) is 11.6 Å². The van der Waals surface area contributed by atoms with Crippen LogP contribution in [0.4, 0.5) is 0 Å². The van der Waals surface area contributed by atoms with Gasteiger partial charge in [0.25, 0.3) is 5.91 Å². The van der Waals surface area contributed by atoms with Crippen LogP contribution in [-0.4, -0.2) is 26.9 Å². The number of nitrogens with zero attached hydrogens (tertiary/aromatic N) is 2. The highest BCUT2D eigenvalue weighted by molar-refractivity contribution is 7.13. The number of rotatable bonds is 3. The lowest BCUT2D eigenvalue weighted by atomic mass is 9.95. The third kappa shape index (κ3) is 2.86. The average Bonchev–Trinajstić information content (AvgIpc) is 3.26.